The maximum Gasteiger partial charge on any atom is 0.227 e. The Morgan fingerprint density at radius 2 is 1.72 bits per heavy atom. The standard InChI is InChI=1S/C25H28N4O3/c1-3-32-21-9-7-20(8-10-21)23-11-12-24(27-26-23)28-13-15-29(16-14-28)25(30)18-19-5-4-6-22(17-19)31-2/h4-12,17H,3,13-16,18H2,1-2H3. The third-order valence-electron chi connectivity index (χ3n) is 5.56. The van der Waals surface area contributed by atoms with Crippen molar-refractivity contribution in [1.29, 1.82) is 0 Å². The number of hydrogen-bond donors (Lipinski definition) is 0. The number of hydrogen-bond acceptors (Lipinski definition) is 6. The van der Waals surface area contributed by atoms with Crippen molar-refractivity contribution in [3.63, 3.8) is 0 Å². The summed E-state index contributed by atoms with van der Waals surface area (Å²) in [6, 6.07) is 19.5. The highest BCUT2D eigenvalue weighted by molar-refractivity contribution is 5.79. The number of amides is 1. The Kier molecular flexibility index (Phi) is 6.84. The Morgan fingerprint density at radius 1 is 0.938 bits per heavy atom. The molecule has 4 rings (SSSR count). The van der Waals surface area contributed by atoms with Gasteiger partial charge in [-0.25, -0.2) is 0 Å². The number of rotatable bonds is 7. The first-order valence-electron chi connectivity index (χ1n) is 10.9. The molecule has 1 saturated heterocycles. The Balaban J connectivity index is 1.32. The number of nitrogens with zero attached hydrogens (tertiary/aromatic N) is 4. The van der Waals surface area contributed by atoms with Gasteiger partial charge >= 0.3 is 0 Å². The first-order valence-corrected chi connectivity index (χ1v) is 10.9. The number of carbonyl (C=O) groups is 1. The summed E-state index contributed by atoms with van der Waals surface area (Å²) in [5.74, 6) is 2.58. The molecule has 166 valence electrons. The minimum atomic E-state index is 0.134. The molecule has 1 aromatic heterocycles. The van der Waals surface area contributed by atoms with Crippen LogP contribution in [0.4, 0.5) is 5.82 Å². The van der Waals surface area contributed by atoms with Gasteiger partial charge in [-0.3, -0.25) is 4.79 Å². The Bertz CT molecular complexity index is 1030. The molecule has 0 unspecified atom stereocenters. The zero-order valence-electron chi connectivity index (χ0n) is 18.5. The minimum Gasteiger partial charge on any atom is -0.497 e. The first-order chi connectivity index (χ1) is 15.7. The molecule has 0 aliphatic carbocycles. The van der Waals surface area contributed by atoms with E-state index in [-0.39, 0.29) is 5.91 Å². The normalized spacial score (nSPS) is 13.7. The lowest BCUT2D eigenvalue weighted by atomic mass is 10.1. The molecule has 2 heterocycles. The highest BCUT2D eigenvalue weighted by Crippen LogP contribution is 2.22. The molecule has 32 heavy (non-hydrogen) atoms. The SMILES string of the molecule is CCOc1ccc(-c2ccc(N3CCN(C(=O)Cc4cccc(OC)c4)CC3)nn2)cc1. The molecule has 1 amide bonds. The van der Waals surface area contributed by atoms with Crippen molar-refractivity contribution in [1.82, 2.24) is 15.1 Å². The number of methoxy groups -OCH3 is 1. The summed E-state index contributed by atoms with van der Waals surface area (Å²) in [6.45, 7) is 5.43. The van der Waals surface area contributed by atoms with E-state index < -0.39 is 0 Å². The van der Waals surface area contributed by atoms with Gasteiger partial charge in [-0.15, -0.1) is 10.2 Å². The van der Waals surface area contributed by atoms with Gasteiger partial charge in [0.25, 0.3) is 0 Å². The van der Waals surface area contributed by atoms with Gasteiger partial charge in [-0.1, -0.05) is 12.1 Å². The summed E-state index contributed by atoms with van der Waals surface area (Å²) >= 11 is 0. The van der Waals surface area contributed by atoms with Crippen LogP contribution in [0.1, 0.15) is 12.5 Å². The van der Waals surface area contributed by atoms with E-state index in [2.05, 4.69) is 15.1 Å². The zero-order chi connectivity index (χ0) is 22.3. The summed E-state index contributed by atoms with van der Waals surface area (Å²) in [7, 11) is 1.63. The molecule has 3 aromatic rings. The van der Waals surface area contributed by atoms with Crippen molar-refractivity contribution >= 4 is 11.7 Å². The van der Waals surface area contributed by atoms with Gasteiger partial charge in [0.2, 0.25) is 5.91 Å². The van der Waals surface area contributed by atoms with Crippen LogP contribution in [0.15, 0.2) is 60.7 Å². The van der Waals surface area contributed by atoms with Crippen molar-refractivity contribution in [2.75, 3.05) is 44.8 Å². The van der Waals surface area contributed by atoms with Crippen LogP contribution in [0, 0.1) is 0 Å². The van der Waals surface area contributed by atoms with E-state index in [0.29, 0.717) is 26.1 Å². The number of ether oxygens (including phenoxy) is 2. The zero-order valence-corrected chi connectivity index (χ0v) is 18.5. The highest BCUT2D eigenvalue weighted by atomic mass is 16.5. The van der Waals surface area contributed by atoms with Crippen molar-refractivity contribution in [3.8, 4) is 22.8 Å². The minimum absolute atomic E-state index is 0.134. The van der Waals surface area contributed by atoms with Crippen LogP contribution in [0.25, 0.3) is 11.3 Å². The van der Waals surface area contributed by atoms with Crippen LogP contribution in [-0.2, 0) is 11.2 Å². The summed E-state index contributed by atoms with van der Waals surface area (Å²) < 4.78 is 10.7. The van der Waals surface area contributed by atoms with Gasteiger partial charge in [0.1, 0.15) is 11.5 Å². The molecule has 0 radical (unpaired) electrons. The van der Waals surface area contributed by atoms with Gasteiger partial charge in [0, 0.05) is 31.7 Å². The Morgan fingerprint density at radius 3 is 2.38 bits per heavy atom. The number of aromatic nitrogens is 2. The van der Waals surface area contributed by atoms with Crippen LogP contribution in [-0.4, -0.2) is 60.9 Å². The predicted octanol–water partition coefficient (Wildman–Crippen LogP) is 3.44. The maximum atomic E-state index is 12.7. The summed E-state index contributed by atoms with van der Waals surface area (Å²) in [5, 5.41) is 8.82. The van der Waals surface area contributed by atoms with E-state index in [1.54, 1.807) is 7.11 Å². The highest BCUT2D eigenvalue weighted by Gasteiger charge is 2.22. The van der Waals surface area contributed by atoms with E-state index >= 15 is 0 Å². The molecule has 1 fully saturated rings. The summed E-state index contributed by atoms with van der Waals surface area (Å²) in [6.07, 6.45) is 0.383. The third-order valence-corrected chi connectivity index (χ3v) is 5.56. The van der Waals surface area contributed by atoms with Crippen LogP contribution in [0.2, 0.25) is 0 Å². The lowest BCUT2D eigenvalue weighted by molar-refractivity contribution is -0.130. The number of anilines is 1. The van der Waals surface area contributed by atoms with Gasteiger partial charge in [0.15, 0.2) is 5.82 Å². The fourth-order valence-electron chi connectivity index (χ4n) is 3.79. The van der Waals surface area contributed by atoms with Crippen molar-refractivity contribution in [2.24, 2.45) is 0 Å². The summed E-state index contributed by atoms with van der Waals surface area (Å²) in [5.41, 5.74) is 2.79. The monoisotopic (exact) mass is 432 g/mol. The summed E-state index contributed by atoms with van der Waals surface area (Å²) in [4.78, 5) is 16.8. The lowest BCUT2D eigenvalue weighted by Gasteiger charge is -2.35. The molecule has 0 bridgehead atoms. The Hall–Kier alpha value is -3.61. The predicted molar refractivity (Wildman–Crippen MR) is 124 cm³/mol. The molecule has 1 aliphatic rings. The largest absolute Gasteiger partial charge is 0.497 e. The molecule has 7 nitrogen and oxygen atoms in total. The van der Waals surface area contributed by atoms with Crippen molar-refractivity contribution < 1.29 is 14.3 Å². The molecule has 0 atom stereocenters. The number of benzene rings is 2. The van der Waals surface area contributed by atoms with Gasteiger partial charge in [0.05, 0.1) is 25.8 Å². The molecular weight excluding hydrogens is 404 g/mol. The molecular formula is C25H28N4O3. The number of carbonyl (C=O) groups excluding carboxylic acids is 1. The van der Waals surface area contributed by atoms with Crippen LogP contribution < -0.4 is 14.4 Å². The van der Waals surface area contributed by atoms with Crippen LogP contribution in [0.3, 0.4) is 0 Å². The van der Waals surface area contributed by atoms with Crippen molar-refractivity contribution in [3.05, 3.63) is 66.2 Å². The second kappa shape index (κ2) is 10.1. The van der Waals surface area contributed by atoms with Crippen molar-refractivity contribution in [2.45, 2.75) is 13.3 Å². The maximum absolute atomic E-state index is 12.7. The molecule has 7 heteroatoms. The molecule has 1 aliphatic heterocycles. The topological polar surface area (TPSA) is 67.8 Å². The lowest BCUT2D eigenvalue weighted by Crippen LogP contribution is -2.49. The fraction of sp³-hybridized carbons (Fsp3) is 0.320. The smallest absolute Gasteiger partial charge is 0.227 e. The first kappa shape index (κ1) is 21.6. The molecule has 0 spiro atoms. The van der Waals surface area contributed by atoms with Crippen LogP contribution >= 0.6 is 0 Å². The van der Waals surface area contributed by atoms with Crippen LogP contribution in [0.5, 0.6) is 11.5 Å². The molecule has 2 aromatic carbocycles. The second-order valence-corrected chi connectivity index (χ2v) is 7.63. The van der Waals surface area contributed by atoms with E-state index in [4.69, 9.17) is 9.47 Å². The Labute approximate surface area is 188 Å². The van der Waals surface area contributed by atoms with E-state index in [1.807, 2.05) is 72.5 Å². The fourth-order valence-corrected chi connectivity index (χ4v) is 3.79. The van der Waals surface area contributed by atoms with Gasteiger partial charge in [-0.05, 0) is 61.0 Å². The molecule has 0 saturated carbocycles. The quantitative estimate of drug-likeness (QED) is 0.570. The van der Waals surface area contributed by atoms with E-state index in [0.717, 1.165) is 47.2 Å². The third kappa shape index (κ3) is 5.17. The van der Waals surface area contributed by atoms with Gasteiger partial charge < -0.3 is 19.3 Å². The second-order valence-electron chi connectivity index (χ2n) is 7.63. The number of piperazine rings is 1. The average Bonchev–Trinajstić information content (AvgIpc) is 2.85. The molecule has 0 N–H and O–H groups in total. The van der Waals surface area contributed by atoms with E-state index in [1.165, 1.54) is 0 Å². The average molecular weight is 433 g/mol. The van der Waals surface area contributed by atoms with Gasteiger partial charge in [-0.2, -0.15) is 0 Å². The van der Waals surface area contributed by atoms with E-state index in [9.17, 15) is 4.79 Å².